The lowest BCUT2D eigenvalue weighted by atomic mass is 10.1. The molecule has 186 valence electrons. The van der Waals surface area contributed by atoms with Crippen LogP contribution in [0.1, 0.15) is 32.3 Å². The van der Waals surface area contributed by atoms with E-state index in [9.17, 15) is 18.0 Å². The highest BCUT2D eigenvalue weighted by molar-refractivity contribution is 7.92. The Hall–Kier alpha value is -2.00. The zero-order chi connectivity index (χ0) is 25.5. The second-order valence-electron chi connectivity index (χ2n) is 7.80. The van der Waals surface area contributed by atoms with E-state index in [0.717, 1.165) is 23.4 Å². The van der Waals surface area contributed by atoms with E-state index in [1.165, 1.54) is 17.0 Å². The number of hydrogen-bond donors (Lipinski definition) is 1. The number of carbonyl (C=O) groups is 2. The van der Waals surface area contributed by atoms with E-state index in [1.54, 1.807) is 37.3 Å². The highest BCUT2D eigenvalue weighted by Crippen LogP contribution is 2.28. The maximum Gasteiger partial charge on any atom is 0.244 e. The van der Waals surface area contributed by atoms with Crippen molar-refractivity contribution in [3.05, 3.63) is 63.1 Å². The Morgan fingerprint density at radius 1 is 1.06 bits per heavy atom. The molecule has 0 aromatic heterocycles. The van der Waals surface area contributed by atoms with Crippen molar-refractivity contribution < 1.29 is 18.0 Å². The summed E-state index contributed by atoms with van der Waals surface area (Å²) in [7, 11) is -3.86. The quantitative estimate of drug-likeness (QED) is 0.411. The van der Waals surface area contributed by atoms with Crippen LogP contribution in [0.15, 0.2) is 42.5 Å². The van der Waals surface area contributed by atoms with Crippen molar-refractivity contribution in [2.75, 3.05) is 23.7 Å². The number of anilines is 1. The van der Waals surface area contributed by atoms with Crippen LogP contribution in [-0.4, -0.2) is 50.5 Å². The van der Waals surface area contributed by atoms with Gasteiger partial charge in [0, 0.05) is 23.1 Å². The lowest BCUT2D eigenvalue weighted by Gasteiger charge is -2.32. The molecule has 0 aliphatic rings. The monoisotopic (exact) mass is 547 g/mol. The number of unbranched alkanes of at least 4 members (excludes halogenated alkanes) is 1. The summed E-state index contributed by atoms with van der Waals surface area (Å²) in [6.45, 7) is 3.50. The molecular weight excluding hydrogens is 521 g/mol. The van der Waals surface area contributed by atoms with E-state index in [0.29, 0.717) is 22.2 Å². The standard InChI is InChI=1S/C23H28Cl3N3O4S/c1-4-5-12-27-23(31)16(2)28(14-17-10-11-18(24)13-20(17)26)22(30)15-29(34(3,32)33)21-9-7-6-8-19(21)25/h6-11,13,16H,4-5,12,14-15H2,1-3H3,(H,27,31)/t16-/m1/s1. The predicted octanol–water partition coefficient (Wildman–Crippen LogP) is 4.75. The third-order valence-corrected chi connectivity index (χ3v) is 7.19. The number of halogens is 3. The molecule has 2 rings (SSSR count). The molecule has 2 amide bonds. The highest BCUT2D eigenvalue weighted by atomic mass is 35.5. The molecule has 1 atom stereocenters. The van der Waals surface area contributed by atoms with Crippen LogP contribution in [-0.2, 0) is 26.2 Å². The van der Waals surface area contributed by atoms with Gasteiger partial charge >= 0.3 is 0 Å². The van der Waals surface area contributed by atoms with E-state index in [2.05, 4.69) is 5.32 Å². The average Bonchev–Trinajstić information content (AvgIpc) is 2.76. The van der Waals surface area contributed by atoms with Crippen molar-refractivity contribution in [2.24, 2.45) is 0 Å². The second kappa shape index (κ2) is 12.6. The Kier molecular flexibility index (Phi) is 10.5. The Balaban J connectivity index is 2.40. The first-order valence-electron chi connectivity index (χ1n) is 10.7. The van der Waals surface area contributed by atoms with Gasteiger partial charge in [0.1, 0.15) is 12.6 Å². The molecule has 0 radical (unpaired) electrons. The summed E-state index contributed by atoms with van der Waals surface area (Å²) in [6.07, 6.45) is 2.69. The molecule has 0 saturated heterocycles. The molecule has 0 aliphatic carbocycles. The molecule has 0 fully saturated rings. The number of rotatable bonds is 11. The van der Waals surface area contributed by atoms with E-state index in [1.807, 2.05) is 6.92 Å². The highest BCUT2D eigenvalue weighted by Gasteiger charge is 2.31. The van der Waals surface area contributed by atoms with Gasteiger partial charge in [-0.25, -0.2) is 8.42 Å². The van der Waals surface area contributed by atoms with Crippen molar-refractivity contribution in [1.29, 1.82) is 0 Å². The number of nitrogens with zero attached hydrogens (tertiary/aromatic N) is 2. The van der Waals surface area contributed by atoms with E-state index in [4.69, 9.17) is 34.8 Å². The number of hydrogen-bond acceptors (Lipinski definition) is 4. The van der Waals surface area contributed by atoms with Gasteiger partial charge in [-0.15, -0.1) is 0 Å². The summed E-state index contributed by atoms with van der Waals surface area (Å²) in [5, 5.41) is 3.75. The van der Waals surface area contributed by atoms with Crippen molar-refractivity contribution in [1.82, 2.24) is 10.2 Å². The summed E-state index contributed by atoms with van der Waals surface area (Å²) in [5.41, 5.74) is 0.737. The molecule has 0 aliphatic heterocycles. The summed E-state index contributed by atoms with van der Waals surface area (Å²) in [5.74, 6) is -0.940. The molecule has 11 heteroatoms. The van der Waals surface area contributed by atoms with Gasteiger partial charge in [-0.05, 0) is 43.2 Å². The van der Waals surface area contributed by atoms with Crippen LogP contribution in [0.3, 0.4) is 0 Å². The zero-order valence-electron chi connectivity index (χ0n) is 19.2. The lowest BCUT2D eigenvalue weighted by molar-refractivity contribution is -0.139. The molecule has 0 bridgehead atoms. The maximum absolute atomic E-state index is 13.5. The first-order valence-corrected chi connectivity index (χ1v) is 13.7. The Morgan fingerprint density at radius 2 is 1.74 bits per heavy atom. The van der Waals surface area contributed by atoms with Crippen molar-refractivity contribution in [3.8, 4) is 0 Å². The number of para-hydroxylation sites is 1. The number of benzene rings is 2. The largest absolute Gasteiger partial charge is 0.354 e. The average molecular weight is 549 g/mol. The minimum absolute atomic E-state index is 0.0165. The number of nitrogens with one attached hydrogen (secondary N) is 1. The van der Waals surface area contributed by atoms with Gasteiger partial charge in [0.25, 0.3) is 0 Å². The maximum atomic E-state index is 13.5. The van der Waals surface area contributed by atoms with Crippen molar-refractivity contribution >= 4 is 62.3 Å². The van der Waals surface area contributed by atoms with E-state index >= 15 is 0 Å². The third kappa shape index (κ3) is 7.77. The smallest absolute Gasteiger partial charge is 0.244 e. The predicted molar refractivity (Wildman–Crippen MR) is 138 cm³/mol. The van der Waals surface area contributed by atoms with Crippen LogP contribution in [0.5, 0.6) is 0 Å². The molecular formula is C23H28Cl3N3O4S. The van der Waals surface area contributed by atoms with Crippen LogP contribution < -0.4 is 9.62 Å². The fourth-order valence-electron chi connectivity index (χ4n) is 3.20. The third-order valence-electron chi connectivity index (χ3n) is 5.15. The number of carbonyl (C=O) groups excluding carboxylic acids is 2. The second-order valence-corrected chi connectivity index (χ2v) is 11.0. The van der Waals surface area contributed by atoms with Gasteiger partial charge in [-0.2, -0.15) is 0 Å². The summed E-state index contributed by atoms with van der Waals surface area (Å²) in [6, 6.07) is 10.3. The molecule has 0 heterocycles. The topological polar surface area (TPSA) is 86.8 Å². The molecule has 2 aromatic rings. The molecule has 1 N–H and O–H groups in total. The van der Waals surface area contributed by atoms with Crippen molar-refractivity contribution in [2.45, 2.75) is 39.3 Å². The Labute approximate surface area is 216 Å². The van der Waals surface area contributed by atoms with Gasteiger partial charge in [0.15, 0.2) is 0 Å². The van der Waals surface area contributed by atoms with Crippen LogP contribution in [0.2, 0.25) is 15.1 Å². The van der Waals surface area contributed by atoms with Crippen LogP contribution in [0, 0.1) is 0 Å². The van der Waals surface area contributed by atoms with Gasteiger partial charge in [0.2, 0.25) is 21.8 Å². The molecule has 7 nitrogen and oxygen atoms in total. The normalized spacial score (nSPS) is 12.2. The van der Waals surface area contributed by atoms with E-state index in [-0.39, 0.29) is 23.2 Å². The van der Waals surface area contributed by atoms with Gasteiger partial charge in [-0.1, -0.05) is 66.3 Å². The van der Waals surface area contributed by atoms with Crippen LogP contribution in [0.25, 0.3) is 0 Å². The van der Waals surface area contributed by atoms with Gasteiger partial charge in [0.05, 0.1) is 17.0 Å². The Morgan fingerprint density at radius 3 is 2.32 bits per heavy atom. The number of sulfonamides is 1. The SMILES string of the molecule is CCCCNC(=O)[C@@H](C)N(Cc1ccc(Cl)cc1Cl)C(=O)CN(c1ccccc1Cl)S(C)(=O)=O. The van der Waals surface area contributed by atoms with Crippen LogP contribution >= 0.6 is 34.8 Å². The number of amides is 2. The minimum atomic E-state index is -3.86. The first-order chi connectivity index (χ1) is 16.0. The Bertz CT molecular complexity index is 1130. The fourth-order valence-corrected chi connectivity index (χ4v) is 4.82. The van der Waals surface area contributed by atoms with Gasteiger partial charge in [-0.3, -0.25) is 13.9 Å². The molecule has 0 saturated carbocycles. The first kappa shape index (κ1) is 28.2. The minimum Gasteiger partial charge on any atom is -0.354 e. The molecule has 2 aromatic carbocycles. The van der Waals surface area contributed by atoms with E-state index < -0.39 is 28.5 Å². The van der Waals surface area contributed by atoms with Crippen LogP contribution in [0.4, 0.5) is 5.69 Å². The fraction of sp³-hybridized carbons (Fsp3) is 0.391. The summed E-state index contributed by atoms with van der Waals surface area (Å²) < 4.78 is 26.0. The summed E-state index contributed by atoms with van der Waals surface area (Å²) in [4.78, 5) is 27.6. The molecule has 0 unspecified atom stereocenters. The zero-order valence-corrected chi connectivity index (χ0v) is 22.3. The lowest BCUT2D eigenvalue weighted by Crippen LogP contribution is -2.51. The molecule has 0 spiro atoms. The van der Waals surface area contributed by atoms with Crippen molar-refractivity contribution in [3.63, 3.8) is 0 Å². The van der Waals surface area contributed by atoms with Gasteiger partial charge < -0.3 is 10.2 Å². The molecule has 34 heavy (non-hydrogen) atoms. The summed E-state index contributed by atoms with van der Waals surface area (Å²) >= 11 is 18.5.